The number of rotatable bonds is 2. The van der Waals surface area contributed by atoms with E-state index in [0.717, 1.165) is 0 Å². The molecule has 26 heavy (non-hydrogen) atoms. The highest BCUT2D eigenvalue weighted by Crippen LogP contribution is 2.38. The molecule has 0 spiro atoms. The number of benzene rings is 1. The van der Waals surface area contributed by atoms with Gasteiger partial charge >= 0.3 is 18.4 Å². The summed E-state index contributed by atoms with van der Waals surface area (Å²) in [5.41, 5.74) is -3.62. The number of nitrogens with zero attached hydrogens (tertiary/aromatic N) is 1. The van der Waals surface area contributed by atoms with Gasteiger partial charge in [-0.15, -0.1) is 0 Å². The molecule has 1 aliphatic rings. The number of hydrogen-bond acceptors (Lipinski definition) is 3. The molecule has 1 heterocycles. The van der Waals surface area contributed by atoms with Gasteiger partial charge in [0.1, 0.15) is 17.5 Å². The van der Waals surface area contributed by atoms with Crippen molar-refractivity contribution in [2.45, 2.75) is 44.8 Å². The molecular weight excluding hydrogens is 368 g/mol. The van der Waals surface area contributed by atoms with E-state index in [-0.39, 0.29) is 19.2 Å². The van der Waals surface area contributed by atoms with Crippen molar-refractivity contribution in [3.63, 3.8) is 0 Å². The van der Waals surface area contributed by atoms with Crippen molar-refractivity contribution in [3.8, 4) is 5.75 Å². The smallest absolute Gasteiger partial charge is 0.416 e. The Hall–Kier alpha value is -2.13. The van der Waals surface area contributed by atoms with Crippen molar-refractivity contribution in [1.82, 2.24) is 4.90 Å². The van der Waals surface area contributed by atoms with Crippen molar-refractivity contribution in [2.24, 2.45) is 0 Å². The summed E-state index contributed by atoms with van der Waals surface area (Å²) in [7, 11) is 0. The summed E-state index contributed by atoms with van der Waals surface area (Å²) in [6.45, 7) is 5.01. The zero-order valence-electron chi connectivity index (χ0n) is 14.2. The van der Waals surface area contributed by atoms with E-state index in [1.165, 1.54) is 4.90 Å². The molecule has 0 unspecified atom stereocenters. The van der Waals surface area contributed by atoms with Gasteiger partial charge in [-0.05, 0) is 39.0 Å². The van der Waals surface area contributed by atoms with Crippen LogP contribution in [0, 0.1) is 0 Å². The maximum absolute atomic E-state index is 12.8. The maximum atomic E-state index is 12.8. The molecule has 0 radical (unpaired) electrons. The molecular formula is C16H17F6NO3. The highest BCUT2D eigenvalue weighted by atomic mass is 19.4. The minimum atomic E-state index is -4.94. The Bertz CT molecular complexity index is 640. The van der Waals surface area contributed by atoms with Gasteiger partial charge in [0.2, 0.25) is 0 Å². The van der Waals surface area contributed by atoms with Gasteiger partial charge in [-0.3, -0.25) is 0 Å². The lowest BCUT2D eigenvalue weighted by molar-refractivity contribution is -0.143. The van der Waals surface area contributed by atoms with Gasteiger partial charge in [0.05, 0.1) is 24.2 Å². The fraction of sp³-hybridized carbons (Fsp3) is 0.562. The van der Waals surface area contributed by atoms with Gasteiger partial charge in [0, 0.05) is 0 Å². The van der Waals surface area contributed by atoms with Crippen LogP contribution in [0.1, 0.15) is 31.9 Å². The van der Waals surface area contributed by atoms with Crippen molar-refractivity contribution in [1.29, 1.82) is 0 Å². The number of carbonyl (C=O) groups excluding carboxylic acids is 1. The first-order valence-corrected chi connectivity index (χ1v) is 7.59. The van der Waals surface area contributed by atoms with Gasteiger partial charge in [0.25, 0.3) is 0 Å². The Morgan fingerprint density at radius 3 is 1.81 bits per heavy atom. The van der Waals surface area contributed by atoms with E-state index in [4.69, 9.17) is 9.47 Å². The molecule has 1 aliphatic heterocycles. The van der Waals surface area contributed by atoms with Crippen molar-refractivity contribution >= 4 is 6.09 Å². The lowest BCUT2D eigenvalue weighted by Gasteiger charge is -2.39. The number of likely N-dealkylation sites (tertiary alicyclic amines) is 1. The third kappa shape index (κ3) is 5.18. The molecule has 4 nitrogen and oxygen atoms in total. The molecule has 0 N–H and O–H groups in total. The van der Waals surface area contributed by atoms with Crippen LogP contribution in [0.5, 0.6) is 5.75 Å². The standard InChI is InChI=1S/C16H17F6NO3/c1-14(2,3)26-13(24)23-7-12(8-23)25-11-5-9(15(17,18)19)4-10(6-11)16(20,21)22/h4-6,12H,7-8H2,1-3H3. The number of amides is 1. The van der Waals surface area contributed by atoms with Gasteiger partial charge in [-0.2, -0.15) is 26.3 Å². The molecule has 10 heteroatoms. The maximum Gasteiger partial charge on any atom is 0.416 e. The van der Waals surface area contributed by atoms with E-state index in [1.54, 1.807) is 20.8 Å². The molecule has 1 aromatic rings. The first kappa shape index (κ1) is 20.2. The average molecular weight is 385 g/mol. The van der Waals surface area contributed by atoms with E-state index in [9.17, 15) is 31.1 Å². The van der Waals surface area contributed by atoms with E-state index in [2.05, 4.69) is 0 Å². The number of carbonyl (C=O) groups is 1. The Kier molecular flexibility index (Phi) is 5.08. The summed E-state index contributed by atoms with van der Waals surface area (Å²) in [5.74, 6) is -0.555. The van der Waals surface area contributed by atoms with Gasteiger partial charge < -0.3 is 14.4 Å². The summed E-state index contributed by atoms with van der Waals surface area (Å²) >= 11 is 0. The molecule has 0 aliphatic carbocycles. The Morgan fingerprint density at radius 2 is 1.42 bits per heavy atom. The van der Waals surface area contributed by atoms with Crippen LogP contribution in [0.4, 0.5) is 31.1 Å². The molecule has 1 saturated heterocycles. The highest BCUT2D eigenvalue weighted by molar-refractivity contribution is 5.69. The Balaban J connectivity index is 2.08. The third-order valence-corrected chi connectivity index (χ3v) is 3.36. The van der Waals surface area contributed by atoms with E-state index in [0.29, 0.717) is 12.1 Å². The minimum Gasteiger partial charge on any atom is -0.487 e. The monoisotopic (exact) mass is 385 g/mol. The van der Waals surface area contributed by atoms with Crippen LogP contribution in [0.15, 0.2) is 18.2 Å². The Morgan fingerprint density at radius 1 is 0.962 bits per heavy atom. The van der Waals surface area contributed by atoms with Crippen LogP contribution in [-0.4, -0.2) is 35.8 Å². The summed E-state index contributed by atoms with van der Waals surface area (Å²) < 4.78 is 87.1. The van der Waals surface area contributed by atoms with Crippen LogP contribution in [0.2, 0.25) is 0 Å². The van der Waals surface area contributed by atoms with E-state index in [1.807, 2.05) is 0 Å². The predicted octanol–water partition coefficient (Wildman–Crippen LogP) is 4.72. The second-order valence-corrected chi connectivity index (χ2v) is 6.87. The van der Waals surface area contributed by atoms with Crippen molar-refractivity contribution < 1.29 is 40.6 Å². The van der Waals surface area contributed by atoms with Crippen LogP contribution in [-0.2, 0) is 17.1 Å². The zero-order chi connectivity index (χ0) is 19.9. The summed E-state index contributed by atoms with van der Waals surface area (Å²) in [6, 6.07) is 1.04. The Labute approximate surface area is 145 Å². The topological polar surface area (TPSA) is 38.8 Å². The van der Waals surface area contributed by atoms with Gasteiger partial charge in [0.15, 0.2) is 0 Å². The molecule has 1 amide bonds. The number of alkyl halides is 6. The molecule has 0 atom stereocenters. The molecule has 146 valence electrons. The summed E-state index contributed by atoms with van der Waals surface area (Å²) in [6.07, 6.45) is -11.2. The molecule has 1 aromatic carbocycles. The van der Waals surface area contributed by atoms with Crippen molar-refractivity contribution in [2.75, 3.05) is 13.1 Å². The first-order valence-electron chi connectivity index (χ1n) is 7.59. The van der Waals surface area contributed by atoms with Crippen LogP contribution >= 0.6 is 0 Å². The molecule has 0 bridgehead atoms. The fourth-order valence-electron chi connectivity index (χ4n) is 2.18. The molecule has 2 rings (SSSR count). The number of ether oxygens (including phenoxy) is 2. The lowest BCUT2D eigenvalue weighted by Crippen LogP contribution is -2.57. The SMILES string of the molecule is CC(C)(C)OC(=O)N1CC(Oc2cc(C(F)(F)F)cc(C(F)(F)F)c2)C1. The number of halogens is 6. The van der Waals surface area contributed by atoms with Crippen molar-refractivity contribution in [3.05, 3.63) is 29.3 Å². The molecule has 1 fully saturated rings. The predicted molar refractivity (Wildman–Crippen MR) is 78.7 cm³/mol. The zero-order valence-corrected chi connectivity index (χ0v) is 14.2. The number of hydrogen-bond donors (Lipinski definition) is 0. The van der Waals surface area contributed by atoms with E-state index >= 15 is 0 Å². The third-order valence-electron chi connectivity index (χ3n) is 3.36. The molecule has 0 aromatic heterocycles. The normalized spacial score (nSPS) is 16.3. The summed E-state index contributed by atoms with van der Waals surface area (Å²) in [4.78, 5) is 13.0. The van der Waals surface area contributed by atoms with Gasteiger partial charge in [-0.1, -0.05) is 0 Å². The second-order valence-electron chi connectivity index (χ2n) is 6.87. The van der Waals surface area contributed by atoms with Gasteiger partial charge in [-0.25, -0.2) is 4.79 Å². The van der Waals surface area contributed by atoms with E-state index < -0.39 is 47.0 Å². The average Bonchev–Trinajstić information content (AvgIpc) is 2.38. The van der Waals surface area contributed by atoms with Crippen LogP contribution in [0.25, 0.3) is 0 Å². The largest absolute Gasteiger partial charge is 0.487 e. The quantitative estimate of drug-likeness (QED) is 0.692. The minimum absolute atomic E-state index is 0.00646. The fourth-order valence-corrected chi connectivity index (χ4v) is 2.18. The second kappa shape index (κ2) is 6.55. The highest BCUT2D eigenvalue weighted by Gasteiger charge is 2.39. The molecule has 0 saturated carbocycles. The van der Waals surface area contributed by atoms with Crippen LogP contribution < -0.4 is 4.74 Å². The van der Waals surface area contributed by atoms with Crippen LogP contribution in [0.3, 0.4) is 0 Å². The lowest BCUT2D eigenvalue weighted by atomic mass is 10.1. The first-order chi connectivity index (χ1) is 11.6. The summed E-state index contributed by atoms with van der Waals surface area (Å²) in [5, 5.41) is 0.